The van der Waals surface area contributed by atoms with Crippen molar-refractivity contribution < 1.29 is 22.4 Å². The van der Waals surface area contributed by atoms with Crippen molar-refractivity contribution in [1.29, 1.82) is 0 Å². The average molecular weight is 454 g/mol. The molecule has 170 valence electrons. The Labute approximate surface area is 195 Å². The monoisotopic (exact) mass is 453 g/mol. The van der Waals surface area contributed by atoms with Gasteiger partial charge in [-0.25, -0.2) is 4.98 Å². The van der Waals surface area contributed by atoms with Gasteiger partial charge in [0.2, 0.25) is 0 Å². The number of benzene rings is 2. The Morgan fingerprint density at radius 3 is 2.94 bits per heavy atom. The summed E-state index contributed by atoms with van der Waals surface area (Å²) in [6, 6.07) is 8.25. The number of carbonyl (C=O) groups excluding carboxylic acids is 1. The second-order valence-electron chi connectivity index (χ2n) is 8.21. The Bertz CT molecular complexity index is 1410. The van der Waals surface area contributed by atoms with Gasteiger partial charge in [0, 0.05) is 34.2 Å². The SMILES string of the molecule is [2H]C([2H])([2H])N1C(=O)c2cccc(OC(F)F)c2[C@H]2C[C@@H]1c1nc3ccc(C#CCN(C)CC)cc3n12. The summed E-state index contributed by atoms with van der Waals surface area (Å²) >= 11 is 0. The molecule has 0 radical (unpaired) electrons. The fraction of sp³-hybridized carbons (Fsp3) is 0.360. The zero-order valence-electron chi connectivity index (χ0n) is 21.2. The van der Waals surface area contributed by atoms with Crippen LogP contribution in [0.5, 0.6) is 5.75 Å². The van der Waals surface area contributed by atoms with Crippen molar-refractivity contribution in [3.05, 3.63) is 58.9 Å². The minimum Gasteiger partial charge on any atom is -0.434 e. The van der Waals surface area contributed by atoms with E-state index in [0.29, 0.717) is 23.4 Å². The average Bonchev–Trinajstić information content (AvgIpc) is 3.30. The normalized spacial score (nSPS) is 20.6. The molecule has 0 aliphatic carbocycles. The van der Waals surface area contributed by atoms with E-state index in [0.717, 1.165) is 17.0 Å². The molecule has 1 amide bonds. The van der Waals surface area contributed by atoms with Crippen LogP contribution in [0, 0.1) is 11.8 Å². The molecule has 0 fully saturated rings. The second-order valence-corrected chi connectivity index (χ2v) is 8.21. The third-order valence-corrected chi connectivity index (χ3v) is 6.27. The molecular weight excluding hydrogens is 426 g/mol. The maximum absolute atomic E-state index is 13.5. The summed E-state index contributed by atoms with van der Waals surface area (Å²) in [4.78, 5) is 21.0. The smallest absolute Gasteiger partial charge is 0.387 e. The summed E-state index contributed by atoms with van der Waals surface area (Å²) in [6.07, 6.45) is 0.177. The Balaban J connectivity index is 1.72. The van der Waals surface area contributed by atoms with Gasteiger partial charge in [-0.15, -0.1) is 0 Å². The maximum atomic E-state index is 13.5. The number of nitrogens with zero attached hydrogens (tertiary/aromatic N) is 4. The number of carbonyl (C=O) groups is 1. The molecule has 8 heteroatoms. The van der Waals surface area contributed by atoms with Gasteiger partial charge in [0.25, 0.3) is 5.91 Å². The molecule has 0 spiro atoms. The van der Waals surface area contributed by atoms with E-state index in [1.807, 2.05) is 30.7 Å². The summed E-state index contributed by atoms with van der Waals surface area (Å²) in [6.45, 7) is -2.35. The van der Waals surface area contributed by atoms with Crippen molar-refractivity contribution in [2.45, 2.75) is 32.0 Å². The fourth-order valence-corrected chi connectivity index (χ4v) is 4.57. The molecule has 33 heavy (non-hydrogen) atoms. The summed E-state index contributed by atoms with van der Waals surface area (Å²) in [5.74, 6) is 5.75. The van der Waals surface area contributed by atoms with Crippen molar-refractivity contribution in [2.75, 3.05) is 27.1 Å². The van der Waals surface area contributed by atoms with Crippen LogP contribution in [0.15, 0.2) is 36.4 Å². The first kappa shape index (κ1) is 18.0. The number of fused-ring (bicyclic) bond motifs is 9. The van der Waals surface area contributed by atoms with E-state index < -0.39 is 31.6 Å². The van der Waals surface area contributed by atoms with E-state index in [2.05, 4.69) is 21.7 Å². The van der Waals surface area contributed by atoms with Gasteiger partial charge in [-0.1, -0.05) is 24.8 Å². The van der Waals surface area contributed by atoms with E-state index in [9.17, 15) is 13.6 Å². The number of amides is 1. The molecule has 2 aliphatic heterocycles. The van der Waals surface area contributed by atoms with E-state index in [1.165, 1.54) is 18.2 Å². The van der Waals surface area contributed by atoms with Crippen LogP contribution in [0.2, 0.25) is 0 Å². The first-order chi connectivity index (χ1) is 17.1. The minimum absolute atomic E-state index is 0.0304. The van der Waals surface area contributed by atoms with Gasteiger partial charge >= 0.3 is 6.61 Å². The first-order valence-electron chi connectivity index (χ1n) is 12.2. The maximum Gasteiger partial charge on any atom is 0.387 e. The summed E-state index contributed by atoms with van der Waals surface area (Å²) in [7, 11) is 1.97. The van der Waals surface area contributed by atoms with Crippen LogP contribution in [-0.2, 0) is 0 Å². The predicted molar refractivity (Wildman–Crippen MR) is 120 cm³/mol. The lowest BCUT2D eigenvalue weighted by Crippen LogP contribution is -2.30. The van der Waals surface area contributed by atoms with E-state index >= 15 is 0 Å². The molecule has 1 aromatic heterocycles. The van der Waals surface area contributed by atoms with Gasteiger partial charge in [-0.3, -0.25) is 9.69 Å². The number of rotatable bonds is 4. The van der Waals surface area contributed by atoms with Gasteiger partial charge in [0.1, 0.15) is 11.6 Å². The third-order valence-electron chi connectivity index (χ3n) is 6.27. The highest BCUT2D eigenvalue weighted by molar-refractivity contribution is 5.97. The number of hydrogen-bond acceptors (Lipinski definition) is 4. The van der Waals surface area contributed by atoms with Crippen molar-refractivity contribution in [3.8, 4) is 17.6 Å². The van der Waals surface area contributed by atoms with Gasteiger partial charge < -0.3 is 14.2 Å². The van der Waals surface area contributed by atoms with Crippen molar-refractivity contribution in [1.82, 2.24) is 19.4 Å². The number of aromatic nitrogens is 2. The van der Waals surface area contributed by atoms with Gasteiger partial charge in [-0.2, -0.15) is 8.78 Å². The zero-order valence-corrected chi connectivity index (χ0v) is 18.2. The molecular formula is C25H24F2N4O2. The van der Waals surface area contributed by atoms with Crippen molar-refractivity contribution in [2.24, 2.45) is 0 Å². The van der Waals surface area contributed by atoms with Crippen LogP contribution in [0.4, 0.5) is 8.78 Å². The highest BCUT2D eigenvalue weighted by Crippen LogP contribution is 2.49. The van der Waals surface area contributed by atoms with E-state index in [1.54, 1.807) is 6.07 Å². The number of alkyl halides is 2. The zero-order chi connectivity index (χ0) is 25.8. The quantitative estimate of drug-likeness (QED) is 0.559. The van der Waals surface area contributed by atoms with Crippen LogP contribution in [0.25, 0.3) is 11.0 Å². The van der Waals surface area contributed by atoms with E-state index in [4.69, 9.17) is 8.85 Å². The van der Waals surface area contributed by atoms with Gasteiger partial charge in [0.15, 0.2) is 0 Å². The summed E-state index contributed by atoms with van der Waals surface area (Å²) in [5, 5.41) is 0. The second kappa shape index (κ2) is 8.16. The van der Waals surface area contributed by atoms with Gasteiger partial charge in [-0.05, 0) is 43.9 Å². The van der Waals surface area contributed by atoms with Crippen LogP contribution in [-0.4, -0.2) is 59.0 Å². The largest absolute Gasteiger partial charge is 0.434 e. The molecule has 2 atom stereocenters. The Hall–Kier alpha value is -3.44. The lowest BCUT2D eigenvalue weighted by Gasteiger charge is -2.24. The van der Waals surface area contributed by atoms with E-state index in [-0.39, 0.29) is 23.3 Å². The lowest BCUT2D eigenvalue weighted by molar-refractivity contribution is -0.0507. The topological polar surface area (TPSA) is 50.6 Å². The first-order valence-corrected chi connectivity index (χ1v) is 10.7. The number of ether oxygens (including phenoxy) is 1. The molecule has 5 rings (SSSR count). The predicted octanol–water partition coefficient (Wildman–Crippen LogP) is 4.06. The number of halogens is 2. The van der Waals surface area contributed by atoms with Crippen molar-refractivity contribution >= 4 is 16.9 Å². The molecule has 2 aliphatic rings. The molecule has 0 unspecified atom stereocenters. The highest BCUT2D eigenvalue weighted by Gasteiger charge is 2.44. The molecule has 2 bridgehead atoms. The van der Waals surface area contributed by atoms with Gasteiger partial charge in [0.05, 0.1) is 29.7 Å². The molecule has 3 heterocycles. The van der Waals surface area contributed by atoms with Crippen LogP contribution in [0.3, 0.4) is 0 Å². The Morgan fingerprint density at radius 2 is 2.18 bits per heavy atom. The minimum atomic E-state index is -3.10. The Morgan fingerprint density at radius 1 is 1.33 bits per heavy atom. The number of hydrogen-bond donors (Lipinski definition) is 0. The third kappa shape index (κ3) is 3.53. The summed E-state index contributed by atoms with van der Waals surface area (Å²) < 4.78 is 57.5. The number of imidazole rings is 1. The fourth-order valence-electron chi connectivity index (χ4n) is 4.57. The molecule has 0 N–H and O–H groups in total. The van der Waals surface area contributed by atoms with Crippen LogP contribution in [0.1, 0.15) is 56.8 Å². The van der Waals surface area contributed by atoms with Crippen molar-refractivity contribution in [3.63, 3.8) is 0 Å². The van der Waals surface area contributed by atoms with Crippen LogP contribution < -0.4 is 4.74 Å². The standard InChI is InChI=1S/C25H24F2N4O2/c1-4-29(2)12-6-7-15-10-11-17-18(13-15)31-19-14-20(23(31)28-17)30(3)24(32)16-8-5-9-21(22(16)19)33-25(26)27/h5,8-11,13,19-20,25H,4,12,14H2,1-3H3/t19-,20-/m1/s1/i3D3. The lowest BCUT2D eigenvalue weighted by atomic mass is 9.97. The summed E-state index contributed by atoms with van der Waals surface area (Å²) in [5.41, 5.74) is 2.30. The molecule has 0 saturated heterocycles. The molecule has 0 saturated carbocycles. The molecule has 3 aromatic rings. The molecule has 2 aromatic carbocycles. The highest BCUT2D eigenvalue weighted by atomic mass is 19.3. The molecule has 6 nitrogen and oxygen atoms in total. The Kier molecular flexibility index (Phi) is 4.46. The van der Waals surface area contributed by atoms with Crippen LogP contribution >= 0.6 is 0 Å².